The van der Waals surface area contributed by atoms with Gasteiger partial charge in [-0.25, -0.2) is 0 Å². The molecule has 0 saturated carbocycles. The number of hydrogen-bond donors (Lipinski definition) is 4. The van der Waals surface area contributed by atoms with Gasteiger partial charge in [0.1, 0.15) is 24.0 Å². The van der Waals surface area contributed by atoms with Crippen molar-refractivity contribution in [3.63, 3.8) is 0 Å². The Hall–Kier alpha value is -2.80. The average molecular weight is 448 g/mol. The van der Waals surface area contributed by atoms with Gasteiger partial charge in [-0.05, 0) is 35.5 Å². The van der Waals surface area contributed by atoms with Gasteiger partial charge in [0, 0.05) is 55.3 Å². The maximum absolute atomic E-state index is 11.1. The Morgan fingerprint density at radius 3 is 2.76 bits per heavy atom. The Morgan fingerprint density at radius 2 is 1.97 bits per heavy atom. The molecule has 5 aliphatic rings. The van der Waals surface area contributed by atoms with Gasteiger partial charge in [0.2, 0.25) is 0 Å². The number of aliphatic hydroxyl groups is 1. The van der Waals surface area contributed by atoms with E-state index in [0.29, 0.717) is 0 Å². The summed E-state index contributed by atoms with van der Waals surface area (Å²) in [7, 11) is 1.66. The number of dihydropyridines is 1. The van der Waals surface area contributed by atoms with Gasteiger partial charge in [-0.2, -0.15) is 0 Å². The van der Waals surface area contributed by atoms with Crippen molar-refractivity contribution in [1.82, 2.24) is 16.0 Å². The summed E-state index contributed by atoms with van der Waals surface area (Å²) in [5, 5.41) is 21.2. The molecule has 0 radical (unpaired) electrons. The fourth-order valence-corrected chi connectivity index (χ4v) is 5.08. The highest BCUT2D eigenvalue weighted by atomic mass is 16.5. The zero-order valence-corrected chi connectivity index (χ0v) is 19.4. The third-order valence-corrected chi connectivity index (χ3v) is 6.97. The highest BCUT2D eigenvalue weighted by Gasteiger charge is 2.35. The van der Waals surface area contributed by atoms with E-state index in [-0.39, 0.29) is 29.5 Å². The molecular weight excluding hydrogens is 414 g/mol. The minimum absolute atomic E-state index is 0.0980. The minimum atomic E-state index is -0.714. The van der Waals surface area contributed by atoms with Crippen LogP contribution < -0.4 is 16.0 Å². The van der Waals surface area contributed by atoms with Crippen molar-refractivity contribution in [1.29, 1.82) is 0 Å². The summed E-state index contributed by atoms with van der Waals surface area (Å²) in [5.41, 5.74) is 3.83. The predicted molar refractivity (Wildman–Crippen MR) is 129 cm³/mol. The minimum Gasteiger partial charge on any atom is -0.456 e. The highest BCUT2D eigenvalue weighted by Crippen LogP contribution is 2.38. The molecular formula is C27H33N3O3. The molecule has 5 atom stereocenters. The van der Waals surface area contributed by atoms with Gasteiger partial charge >= 0.3 is 0 Å². The standard InChI is InChI=1S/C27H33N3O3/c1-27(2)16-29-24-14-18(7-11-23(24)27)30-26(31)22-6-4-5-17-13-19(8-10-21(17)22)33-20-9-12-25(32-3)28-15-20/h4-13,15,17-18,21,25-26,28-31H,14,16H2,1-3H3. The summed E-state index contributed by atoms with van der Waals surface area (Å²) in [4.78, 5) is 0. The quantitative estimate of drug-likeness (QED) is 0.469. The third kappa shape index (κ3) is 4.51. The van der Waals surface area contributed by atoms with Crippen molar-refractivity contribution < 1.29 is 14.6 Å². The number of allylic oxidation sites excluding steroid dienone is 8. The lowest BCUT2D eigenvalue weighted by molar-refractivity contribution is 0.121. The summed E-state index contributed by atoms with van der Waals surface area (Å²) < 4.78 is 11.3. The van der Waals surface area contributed by atoms with E-state index in [2.05, 4.69) is 60.2 Å². The molecule has 0 fully saturated rings. The van der Waals surface area contributed by atoms with Crippen LogP contribution in [0.1, 0.15) is 20.3 Å². The van der Waals surface area contributed by atoms with Crippen molar-refractivity contribution in [2.45, 2.75) is 38.8 Å². The van der Waals surface area contributed by atoms with Crippen LogP contribution in [0.25, 0.3) is 0 Å². The van der Waals surface area contributed by atoms with Gasteiger partial charge in [0.05, 0.1) is 0 Å². The lowest BCUT2D eigenvalue weighted by atomic mass is 9.78. The second kappa shape index (κ2) is 8.86. The van der Waals surface area contributed by atoms with E-state index in [0.717, 1.165) is 30.1 Å². The van der Waals surface area contributed by atoms with Gasteiger partial charge in [-0.3, -0.25) is 5.32 Å². The largest absolute Gasteiger partial charge is 0.456 e. The molecule has 0 spiro atoms. The summed E-state index contributed by atoms with van der Waals surface area (Å²) in [5.74, 6) is 1.77. The lowest BCUT2D eigenvalue weighted by Gasteiger charge is -2.33. The molecule has 5 rings (SSSR count). The number of hydrogen-bond acceptors (Lipinski definition) is 6. The predicted octanol–water partition coefficient (Wildman–Crippen LogP) is 3.28. The fourth-order valence-electron chi connectivity index (χ4n) is 5.08. The molecule has 4 N–H and O–H groups in total. The monoisotopic (exact) mass is 447 g/mol. The van der Waals surface area contributed by atoms with Crippen LogP contribution in [0.4, 0.5) is 0 Å². The van der Waals surface area contributed by atoms with Crippen LogP contribution in [0.2, 0.25) is 0 Å². The molecule has 2 aliphatic heterocycles. The Morgan fingerprint density at radius 1 is 1.12 bits per heavy atom. The van der Waals surface area contributed by atoms with Crippen LogP contribution in [-0.2, 0) is 9.47 Å². The molecule has 33 heavy (non-hydrogen) atoms. The van der Waals surface area contributed by atoms with E-state index in [1.54, 1.807) is 7.11 Å². The van der Waals surface area contributed by atoms with Crippen LogP contribution in [0.5, 0.6) is 0 Å². The van der Waals surface area contributed by atoms with E-state index in [9.17, 15) is 5.11 Å². The molecule has 0 saturated heterocycles. The second-order valence-electron chi connectivity index (χ2n) is 9.78. The van der Waals surface area contributed by atoms with Gasteiger partial charge in [0.15, 0.2) is 0 Å². The van der Waals surface area contributed by atoms with Crippen LogP contribution in [0.15, 0.2) is 95.3 Å². The molecule has 0 aromatic carbocycles. The molecule has 6 nitrogen and oxygen atoms in total. The maximum Gasteiger partial charge on any atom is 0.146 e. The molecule has 6 heteroatoms. The zero-order chi connectivity index (χ0) is 23.0. The number of nitrogens with one attached hydrogen (secondary N) is 3. The average Bonchev–Trinajstić information content (AvgIpc) is 3.13. The first-order valence-corrected chi connectivity index (χ1v) is 11.7. The van der Waals surface area contributed by atoms with E-state index < -0.39 is 6.23 Å². The Kier molecular flexibility index (Phi) is 5.91. The van der Waals surface area contributed by atoms with E-state index in [1.807, 2.05) is 36.6 Å². The van der Waals surface area contributed by atoms with Gasteiger partial charge in [-0.1, -0.05) is 50.3 Å². The maximum atomic E-state index is 11.1. The molecule has 5 unspecified atom stereocenters. The number of aliphatic hydroxyl groups excluding tert-OH is 1. The van der Waals surface area contributed by atoms with Crippen molar-refractivity contribution in [3.8, 4) is 0 Å². The van der Waals surface area contributed by atoms with Gasteiger partial charge < -0.3 is 25.2 Å². The van der Waals surface area contributed by atoms with Crippen molar-refractivity contribution >= 4 is 0 Å². The molecule has 2 heterocycles. The number of ether oxygens (including phenoxy) is 2. The van der Waals surface area contributed by atoms with Crippen molar-refractivity contribution in [3.05, 3.63) is 95.3 Å². The van der Waals surface area contributed by atoms with Gasteiger partial charge in [0.25, 0.3) is 0 Å². The first-order chi connectivity index (χ1) is 15.9. The Bertz CT molecular complexity index is 1040. The van der Waals surface area contributed by atoms with Gasteiger partial charge in [-0.15, -0.1) is 0 Å². The molecule has 0 amide bonds. The van der Waals surface area contributed by atoms with Crippen molar-refractivity contribution in [2.24, 2.45) is 17.3 Å². The smallest absolute Gasteiger partial charge is 0.146 e. The SMILES string of the molecule is COC1C=CC(OC2=CC3C=CC=C(C(O)NC4C=CC5=C(C4)NCC5(C)C)C3C=C2)=CN1. The summed E-state index contributed by atoms with van der Waals surface area (Å²) in [6, 6.07) is 0.0980. The van der Waals surface area contributed by atoms with Crippen LogP contribution >= 0.6 is 0 Å². The van der Waals surface area contributed by atoms with E-state index in [1.165, 1.54) is 11.3 Å². The summed E-state index contributed by atoms with van der Waals surface area (Å²) >= 11 is 0. The molecule has 3 aliphatic carbocycles. The van der Waals surface area contributed by atoms with E-state index >= 15 is 0 Å². The van der Waals surface area contributed by atoms with E-state index in [4.69, 9.17) is 9.47 Å². The molecule has 0 bridgehead atoms. The molecule has 174 valence electrons. The number of methoxy groups -OCH3 is 1. The zero-order valence-electron chi connectivity index (χ0n) is 19.4. The Labute approximate surface area is 195 Å². The third-order valence-electron chi connectivity index (χ3n) is 6.97. The number of fused-ring (bicyclic) bond motifs is 1. The first-order valence-electron chi connectivity index (χ1n) is 11.7. The summed E-state index contributed by atoms with van der Waals surface area (Å²) in [6.07, 6.45) is 22.5. The fraction of sp³-hybridized carbons (Fsp3) is 0.407. The summed E-state index contributed by atoms with van der Waals surface area (Å²) in [6.45, 7) is 5.50. The van der Waals surface area contributed by atoms with Crippen LogP contribution in [0.3, 0.4) is 0 Å². The molecule has 0 aromatic rings. The number of rotatable bonds is 6. The van der Waals surface area contributed by atoms with Crippen LogP contribution in [-0.4, -0.2) is 37.3 Å². The van der Waals surface area contributed by atoms with Crippen LogP contribution in [0, 0.1) is 17.3 Å². The normalized spacial score (nSPS) is 32.2. The van der Waals surface area contributed by atoms with Crippen molar-refractivity contribution in [2.75, 3.05) is 13.7 Å². The topological polar surface area (TPSA) is 74.8 Å². The Balaban J connectivity index is 1.21. The highest BCUT2D eigenvalue weighted by molar-refractivity contribution is 5.41. The first kappa shape index (κ1) is 22.0. The molecule has 0 aromatic heterocycles. The lowest BCUT2D eigenvalue weighted by Crippen LogP contribution is -2.42. The second-order valence-corrected chi connectivity index (χ2v) is 9.78.